The molecule has 0 aliphatic rings. The fourth-order valence-corrected chi connectivity index (χ4v) is 8.18. The molecule has 0 bridgehead atoms. The van der Waals surface area contributed by atoms with Gasteiger partial charge in [0.1, 0.15) is 0 Å². The summed E-state index contributed by atoms with van der Waals surface area (Å²) >= 11 is 0. The van der Waals surface area contributed by atoms with E-state index in [0.717, 1.165) is 6.54 Å². The molecule has 2 nitrogen and oxygen atoms in total. The van der Waals surface area contributed by atoms with E-state index in [0.29, 0.717) is 0 Å². The van der Waals surface area contributed by atoms with Crippen molar-refractivity contribution in [2.45, 2.75) is 50.7 Å². The van der Waals surface area contributed by atoms with E-state index >= 15 is 0 Å². The van der Waals surface area contributed by atoms with Gasteiger partial charge in [0.2, 0.25) is 0 Å². The summed E-state index contributed by atoms with van der Waals surface area (Å²) in [7, 11) is -0.437. The second kappa shape index (κ2) is 6.05. The van der Waals surface area contributed by atoms with Crippen LogP contribution in [0.5, 0.6) is 0 Å². The highest BCUT2D eigenvalue weighted by Gasteiger charge is 2.26. The average molecular weight is 234 g/mol. The van der Waals surface area contributed by atoms with Crippen molar-refractivity contribution in [2.24, 2.45) is 5.73 Å². The van der Waals surface area contributed by atoms with E-state index < -0.39 is 16.4 Å². The highest BCUT2D eigenvalue weighted by atomic mass is 28.4. The van der Waals surface area contributed by atoms with E-state index in [4.69, 9.17) is 10.2 Å². The summed E-state index contributed by atoms with van der Waals surface area (Å²) in [5.41, 5.74) is 5.55. The standard InChI is InChI=1S/C10H27NOSi2/c1-12-14(4,5)10-9-13(2,3)8-6-7-11/h6-11H2,1-5H3. The van der Waals surface area contributed by atoms with Crippen LogP contribution in [-0.4, -0.2) is 30.0 Å². The van der Waals surface area contributed by atoms with Crippen LogP contribution in [0.3, 0.4) is 0 Å². The number of nitrogens with two attached hydrogens (primary N) is 1. The lowest BCUT2D eigenvalue weighted by atomic mass is 10.5. The van der Waals surface area contributed by atoms with Gasteiger partial charge in [0.25, 0.3) is 0 Å². The molecule has 0 amide bonds. The zero-order valence-electron chi connectivity index (χ0n) is 10.5. The second-order valence-corrected chi connectivity index (χ2v) is 15.3. The molecule has 0 heterocycles. The normalized spacial score (nSPS) is 13.3. The molecule has 0 radical (unpaired) electrons. The van der Waals surface area contributed by atoms with E-state index in [9.17, 15) is 0 Å². The van der Waals surface area contributed by atoms with Gasteiger partial charge in [-0.2, -0.15) is 0 Å². The molecular weight excluding hydrogens is 206 g/mol. The molecule has 14 heavy (non-hydrogen) atoms. The minimum atomic E-state index is -1.32. The van der Waals surface area contributed by atoms with Gasteiger partial charge in [-0.05, 0) is 32.1 Å². The summed E-state index contributed by atoms with van der Waals surface area (Å²) < 4.78 is 5.57. The van der Waals surface area contributed by atoms with Crippen molar-refractivity contribution in [1.29, 1.82) is 0 Å². The number of rotatable bonds is 7. The number of hydrogen-bond donors (Lipinski definition) is 1. The molecule has 0 fully saturated rings. The molecule has 0 spiro atoms. The molecule has 0 saturated heterocycles. The SMILES string of the molecule is CO[Si](C)(C)CC[Si](C)(C)CCCN. The van der Waals surface area contributed by atoms with Crippen LogP contribution in [0.2, 0.25) is 44.3 Å². The van der Waals surface area contributed by atoms with Crippen molar-refractivity contribution in [3.63, 3.8) is 0 Å². The molecule has 0 rings (SSSR count). The van der Waals surface area contributed by atoms with Crippen LogP contribution >= 0.6 is 0 Å². The van der Waals surface area contributed by atoms with E-state index in [1.165, 1.54) is 24.6 Å². The minimum Gasteiger partial charge on any atom is -0.420 e. The largest absolute Gasteiger partial charge is 0.420 e. The van der Waals surface area contributed by atoms with Crippen molar-refractivity contribution in [1.82, 2.24) is 0 Å². The third kappa shape index (κ3) is 6.76. The second-order valence-electron chi connectivity index (χ2n) is 5.52. The fraction of sp³-hybridized carbons (Fsp3) is 1.00. The van der Waals surface area contributed by atoms with E-state index in [1.807, 2.05) is 7.11 Å². The number of hydrogen-bond acceptors (Lipinski definition) is 2. The predicted molar refractivity (Wildman–Crippen MR) is 70.1 cm³/mol. The molecular formula is C10H27NOSi2. The summed E-state index contributed by atoms with van der Waals surface area (Å²) in [4.78, 5) is 0. The topological polar surface area (TPSA) is 35.2 Å². The molecule has 0 aliphatic heterocycles. The van der Waals surface area contributed by atoms with Gasteiger partial charge < -0.3 is 10.2 Å². The molecule has 0 unspecified atom stereocenters. The van der Waals surface area contributed by atoms with E-state index in [-0.39, 0.29) is 0 Å². The fourth-order valence-electron chi connectivity index (χ4n) is 1.45. The van der Waals surface area contributed by atoms with Crippen LogP contribution in [0.15, 0.2) is 0 Å². The molecule has 0 aromatic rings. The Morgan fingerprint density at radius 3 is 2.00 bits per heavy atom. The average Bonchev–Trinajstić information content (AvgIpc) is 2.12. The van der Waals surface area contributed by atoms with Crippen molar-refractivity contribution >= 4 is 16.4 Å². The lowest BCUT2D eigenvalue weighted by molar-refractivity contribution is 0.405. The molecule has 0 aliphatic carbocycles. The monoisotopic (exact) mass is 233 g/mol. The first-order chi connectivity index (χ1) is 6.33. The zero-order valence-corrected chi connectivity index (χ0v) is 12.5. The Kier molecular flexibility index (Phi) is 6.20. The Morgan fingerprint density at radius 2 is 1.57 bits per heavy atom. The predicted octanol–water partition coefficient (Wildman–Crippen LogP) is 2.90. The molecule has 0 aromatic heterocycles. The smallest absolute Gasteiger partial charge is 0.185 e. The van der Waals surface area contributed by atoms with Gasteiger partial charge in [-0.1, -0.05) is 25.2 Å². The summed E-state index contributed by atoms with van der Waals surface area (Å²) in [6.07, 6.45) is 1.20. The van der Waals surface area contributed by atoms with Gasteiger partial charge >= 0.3 is 0 Å². The highest BCUT2D eigenvalue weighted by molar-refractivity contribution is 6.80. The maximum absolute atomic E-state index is 5.57. The molecule has 0 saturated carbocycles. The van der Waals surface area contributed by atoms with Gasteiger partial charge in [0.05, 0.1) is 0 Å². The van der Waals surface area contributed by atoms with Crippen molar-refractivity contribution in [3.05, 3.63) is 0 Å². The Bertz CT molecular complexity index is 160. The highest BCUT2D eigenvalue weighted by Crippen LogP contribution is 2.24. The lowest BCUT2D eigenvalue weighted by Crippen LogP contribution is -2.34. The van der Waals surface area contributed by atoms with Crippen LogP contribution in [-0.2, 0) is 4.43 Å². The summed E-state index contributed by atoms with van der Waals surface area (Å²) in [5, 5.41) is 0. The lowest BCUT2D eigenvalue weighted by Gasteiger charge is -2.27. The molecule has 4 heteroatoms. The third-order valence-electron chi connectivity index (χ3n) is 3.01. The van der Waals surface area contributed by atoms with Crippen LogP contribution in [0.4, 0.5) is 0 Å². The first-order valence-electron chi connectivity index (χ1n) is 5.58. The zero-order chi connectivity index (χ0) is 11.2. The van der Waals surface area contributed by atoms with Crippen molar-refractivity contribution < 1.29 is 4.43 Å². The summed E-state index contributed by atoms with van der Waals surface area (Å²) in [5.74, 6) is 0. The Morgan fingerprint density at radius 1 is 1.00 bits per heavy atom. The van der Waals surface area contributed by atoms with Gasteiger partial charge in [0.15, 0.2) is 8.32 Å². The molecule has 86 valence electrons. The molecule has 2 N–H and O–H groups in total. The Labute approximate surface area is 91.4 Å². The molecule has 0 atom stereocenters. The van der Waals surface area contributed by atoms with Gasteiger partial charge in [0, 0.05) is 15.2 Å². The van der Waals surface area contributed by atoms with Gasteiger partial charge in [-0.25, -0.2) is 0 Å². The molecule has 0 aromatic carbocycles. The maximum atomic E-state index is 5.57. The van der Waals surface area contributed by atoms with E-state index in [1.54, 1.807) is 0 Å². The van der Waals surface area contributed by atoms with Crippen LogP contribution < -0.4 is 5.73 Å². The first-order valence-corrected chi connectivity index (χ1v) is 12.1. The quantitative estimate of drug-likeness (QED) is 0.686. The summed E-state index contributed by atoms with van der Waals surface area (Å²) in [6, 6.07) is 4.09. The van der Waals surface area contributed by atoms with Crippen LogP contribution in [0, 0.1) is 0 Å². The third-order valence-corrected chi connectivity index (χ3v) is 9.38. The van der Waals surface area contributed by atoms with Crippen molar-refractivity contribution in [3.8, 4) is 0 Å². The van der Waals surface area contributed by atoms with Crippen LogP contribution in [0.1, 0.15) is 6.42 Å². The summed E-state index contributed by atoms with van der Waals surface area (Å²) in [6.45, 7) is 10.4. The van der Waals surface area contributed by atoms with Gasteiger partial charge in [-0.15, -0.1) is 0 Å². The minimum absolute atomic E-state index is 0.849. The van der Waals surface area contributed by atoms with Gasteiger partial charge in [-0.3, -0.25) is 0 Å². The van der Waals surface area contributed by atoms with Crippen LogP contribution in [0.25, 0.3) is 0 Å². The Balaban J connectivity index is 3.85. The van der Waals surface area contributed by atoms with E-state index in [2.05, 4.69) is 26.2 Å². The maximum Gasteiger partial charge on any atom is 0.185 e. The van der Waals surface area contributed by atoms with Crippen molar-refractivity contribution in [2.75, 3.05) is 13.7 Å². The first kappa shape index (κ1) is 14.4. The Hall–Kier alpha value is 0.354.